The molecular formula is C9H9N3O2S2. The van der Waals surface area contributed by atoms with Crippen molar-refractivity contribution in [3.8, 4) is 0 Å². The molecule has 0 aliphatic carbocycles. The van der Waals surface area contributed by atoms with Crippen LogP contribution in [0.25, 0.3) is 0 Å². The molecule has 0 aromatic heterocycles. The number of non-ortho nitro benzene ring substituents is 1. The van der Waals surface area contributed by atoms with Gasteiger partial charge in [0, 0.05) is 17.0 Å². The predicted octanol–water partition coefficient (Wildman–Crippen LogP) is 2.21. The van der Waals surface area contributed by atoms with Crippen LogP contribution in [0.2, 0.25) is 0 Å². The second-order valence-electron chi connectivity index (χ2n) is 2.63. The Morgan fingerprint density at radius 1 is 1.50 bits per heavy atom. The van der Waals surface area contributed by atoms with E-state index in [0.29, 0.717) is 5.11 Å². The highest BCUT2D eigenvalue weighted by molar-refractivity contribution is 7.99. The second-order valence-corrected chi connectivity index (χ2v) is 3.92. The number of hydrogen-bond donors (Lipinski definition) is 2. The van der Waals surface area contributed by atoms with Crippen molar-refractivity contribution in [1.82, 2.24) is 10.0 Å². The second kappa shape index (κ2) is 6.09. The van der Waals surface area contributed by atoms with Gasteiger partial charge in [-0.3, -0.25) is 10.1 Å². The lowest BCUT2D eigenvalue weighted by Crippen LogP contribution is -2.26. The molecule has 0 aliphatic rings. The highest BCUT2D eigenvalue weighted by Gasteiger charge is 2.04. The number of nitro groups is 1. The Morgan fingerprint density at radius 3 is 2.62 bits per heavy atom. The first-order valence-corrected chi connectivity index (χ1v) is 5.44. The lowest BCUT2D eigenvalue weighted by molar-refractivity contribution is -0.384. The first-order chi connectivity index (χ1) is 7.63. The maximum absolute atomic E-state index is 10.4. The zero-order valence-corrected chi connectivity index (χ0v) is 9.81. The van der Waals surface area contributed by atoms with Gasteiger partial charge in [0.2, 0.25) is 0 Å². The van der Waals surface area contributed by atoms with Gasteiger partial charge in [-0.15, -0.1) is 0 Å². The molecule has 7 heteroatoms. The van der Waals surface area contributed by atoms with Crippen molar-refractivity contribution in [2.45, 2.75) is 4.90 Å². The van der Waals surface area contributed by atoms with Crippen LogP contribution < -0.4 is 10.0 Å². The van der Waals surface area contributed by atoms with E-state index in [0.717, 1.165) is 4.90 Å². The van der Waals surface area contributed by atoms with E-state index in [1.165, 1.54) is 30.3 Å². The number of hydrogen-bond acceptors (Lipinski definition) is 4. The molecular weight excluding hydrogens is 246 g/mol. The molecule has 5 nitrogen and oxygen atoms in total. The number of benzene rings is 1. The van der Waals surface area contributed by atoms with Crippen molar-refractivity contribution in [3.05, 3.63) is 47.2 Å². The van der Waals surface area contributed by atoms with Crippen LogP contribution in [0.4, 0.5) is 5.69 Å². The van der Waals surface area contributed by atoms with Crippen LogP contribution in [0.1, 0.15) is 0 Å². The third kappa shape index (κ3) is 3.87. The molecule has 0 unspecified atom stereocenters. The standard InChI is InChI=1S/C9H9N3O2S2/c1-2-10-9(15)11-16-8-5-3-7(4-6-8)12(13)14/h2-6H,1H2,(H2,10,11,15). The molecule has 0 aliphatic heterocycles. The first kappa shape index (κ1) is 12.5. The van der Waals surface area contributed by atoms with Crippen LogP contribution in [0, 0.1) is 10.1 Å². The highest BCUT2D eigenvalue weighted by Crippen LogP contribution is 2.18. The summed E-state index contributed by atoms with van der Waals surface area (Å²) >= 11 is 6.16. The van der Waals surface area contributed by atoms with E-state index in [-0.39, 0.29) is 5.69 Å². The van der Waals surface area contributed by atoms with Crippen molar-refractivity contribution >= 4 is 35.0 Å². The summed E-state index contributed by atoms with van der Waals surface area (Å²) in [6.45, 7) is 3.46. The van der Waals surface area contributed by atoms with Gasteiger partial charge in [0.1, 0.15) is 0 Å². The van der Waals surface area contributed by atoms with Gasteiger partial charge < -0.3 is 10.0 Å². The number of nitrogens with zero attached hydrogens (tertiary/aromatic N) is 1. The molecule has 0 saturated carbocycles. The zero-order chi connectivity index (χ0) is 12.0. The Morgan fingerprint density at radius 2 is 2.12 bits per heavy atom. The molecule has 0 amide bonds. The van der Waals surface area contributed by atoms with Crippen LogP contribution in [0.3, 0.4) is 0 Å². The van der Waals surface area contributed by atoms with E-state index in [9.17, 15) is 10.1 Å². The minimum atomic E-state index is -0.439. The molecule has 2 N–H and O–H groups in total. The summed E-state index contributed by atoms with van der Waals surface area (Å²) in [7, 11) is 0. The summed E-state index contributed by atoms with van der Waals surface area (Å²) in [6, 6.07) is 6.17. The Balaban J connectivity index is 2.52. The van der Waals surface area contributed by atoms with E-state index < -0.39 is 4.92 Å². The largest absolute Gasteiger partial charge is 0.339 e. The van der Waals surface area contributed by atoms with Gasteiger partial charge in [-0.2, -0.15) is 0 Å². The Kier molecular flexibility index (Phi) is 4.74. The molecule has 16 heavy (non-hydrogen) atoms. The zero-order valence-electron chi connectivity index (χ0n) is 8.17. The fourth-order valence-corrected chi connectivity index (χ4v) is 1.61. The van der Waals surface area contributed by atoms with Crippen molar-refractivity contribution in [1.29, 1.82) is 0 Å². The molecule has 0 saturated heterocycles. The molecule has 1 aromatic rings. The predicted molar refractivity (Wildman–Crippen MR) is 68.0 cm³/mol. The Hall–Kier alpha value is -1.60. The minimum Gasteiger partial charge on any atom is -0.339 e. The maximum atomic E-state index is 10.4. The monoisotopic (exact) mass is 255 g/mol. The van der Waals surface area contributed by atoms with Crippen molar-refractivity contribution in [3.63, 3.8) is 0 Å². The minimum absolute atomic E-state index is 0.0659. The summed E-state index contributed by atoms with van der Waals surface area (Å²) in [6.07, 6.45) is 1.46. The first-order valence-electron chi connectivity index (χ1n) is 4.22. The molecule has 1 rings (SSSR count). The molecule has 0 spiro atoms. The van der Waals surface area contributed by atoms with Gasteiger partial charge >= 0.3 is 0 Å². The normalized spacial score (nSPS) is 9.25. The fourth-order valence-electron chi connectivity index (χ4n) is 0.863. The van der Waals surface area contributed by atoms with Crippen LogP contribution >= 0.6 is 24.2 Å². The summed E-state index contributed by atoms with van der Waals surface area (Å²) in [5, 5.41) is 13.5. The maximum Gasteiger partial charge on any atom is 0.269 e. The van der Waals surface area contributed by atoms with E-state index in [1.54, 1.807) is 12.1 Å². The van der Waals surface area contributed by atoms with Crippen LogP contribution in [0.15, 0.2) is 41.9 Å². The summed E-state index contributed by atoms with van der Waals surface area (Å²) in [4.78, 5) is 10.8. The van der Waals surface area contributed by atoms with Gasteiger partial charge in [-0.1, -0.05) is 6.58 Å². The van der Waals surface area contributed by atoms with Crippen molar-refractivity contribution in [2.75, 3.05) is 0 Å². The Labute approximate surface area is 102 Å². The van der Waals surface area contributed by atoms with Gasteiger partial charge in [0.05, 0.1) is 4.92 Å². The van der Waals surface area contributed by atoms with Crippen LogP contribution in [-0.2, 0) is 0 Å². The third-order valence-electron chi connectivity index (χ3n) is 1.54. The number of nitro benzene ring substituents is 1. The van der Waals surface area contributed by atoms with Gasteiger partial charge in [0.25, 0.3) is 5.69 Å². The lowest BCUT2D eigenvalue weighted by Gasteiger charge is -2.05. The number of thiocarbonyl (C=S) groups is 1. The van der Waals surface area contributed by atoms with Crippen LogP contribution in [-0.4, -0.2) is 10.0 Å². The van der Waals surface area contributed by atoms with Crippen molar-refractivity contribution in [2.24, 2.45) is 0 Å². The SMILES string of the molecule is C=CNC(=S)NSc1ccc([N+](=O)[O-])cc1. The van der Waals surface area contributed by atoms with Gasteiger partial charge in [-0.25, -0.2) is 0 Å². The lowest BCUT2D eigenvalue weighted by atomic mass is 10.3. The molecule has 1 aromatic carbocycles. The molecule has 84 valence electrons. The number of nitrogens with one attached hydrogen (secondary N) is 2. The van der Waals surface area contributed by atoms with Gasteiger partial charge in [0.15, 0.2) is 5.11 Å². The average molecular weight is 255 g/mol. The Bertz CT molecular complexity index is 406. The van der Waals surface area contributed by atoms with Crippen molar-refractivity contribution < 1.29 is 4.92 Å². The number of rotatable bonds is 4. The van der Waals surface area contributed by atoms with E-state index in [2.05, 4.69) is 16.6 Å². The topological polar surface area (TPSA) is 67.2 Å². The highest BCUT2D eigenvalue weighted by atomic mass is 32.2. The van der Waals surface area contributed by atoms with E-state index >= 15 is 0 Å². The molecule has 0 bridgehead atoms. The fraction of sp³-hybridized carbons (Fsp3) is 0. The molecule has 0 radical (unpaired) electrons. The summed E-state index contributed by atoms with van der Waals surface area (Å²) < 4.78 is 2.84. The average Bonchev–Trinajstić information content (AvgIpc) is 2.27. The van der Waals surface area contributed by atoms with E-state index in [4.69, 9.17) is 12.2 Å². The third-order valence-corrected chi connectivity index (χ3v) is 2.71. The van der Waals surface area contributed by atoms with Gasteiger partial charge in [-0.05, 0) is 42.5 Å². The van der Waals surface area contributed by atoms with E-state index in [1.807, 2.05) is 0 Å². The van der Waals surface area contributed by atoms with Crippen LogP contribution in [0.5, 0.6) is 0 Å². The summed E-state index contributed by atoms with van der Waals surface area (Å²) in [5.41, 5.74) is 0.0659. The quantitative estimate of drug-likeness (QED) is 0.372. The molecule has 0 fully saturated rings. The smallest absolute Gasteiger partial charge is 0.269 e. The molecule has 0 atom stereocenters. The summed E-state index contributed by atoms with van der Waals surface area (Å²) in [5.74, 6) is 0. The molecule has 0 heterocycles.